The summed E-state index contributed by atoms with van der Waals surface area (Å²) in [5.41, 5.74) is 0.727. The van der Waals surface area contributed by atoms with Gasteiger partial charge in [-0.05, 0) is 42.5 Å². The van der Waals surface area contributed by atoms with Gasteiger partial charge in [0.05, 0.1) is 21.6 Å². The van der Waals surface area contributed by atoms with E-state index in [0.29, 0.717) is 28.2 Å². The van der Waals surface area contributed by atoms with Gasteiger partial charge in [0.15, 0.2) is 5.82 Å². The largest absolute Gasteiger partial charge is 0.486 e. The Morgan fingerprint density at radius 3 is 2.52 bits per heavy atom. The summed E-state index contributed by atoms with van der Waals surface area (Å²) in [6.45, 7) is 0.0685. The van der Waals surface area contributed by atoms with Crippen molar-refractivity contribution in [2.75, 3.05) is 0 Å². The van der Waals surface area contributed by atoms with Crippen LogP contribution in [-0.4, -0.2) is 9.55 Å². The molecule has 4 nitrogen and oxygen atoms in total. The van der Waals surface area contributed by atoms with E-state index in [2.05, 4.69) is 4.98 Å². The summed E-state index contributed by atoms with van der Waals surface area (Å²) in [6.07, 6.45) is 0. The molecule has 1 heterocycles. The molecule has 6 heteroatoms. The summed E-state index contributed by atoms with van der Waals surface area (Å²) in [5.74, 6) is 0.498. The first kappa shape index (κ1) is 17.2. The maximum atomic E-state index is 13.6. The van der Waals surface area contributed by atoms with Crippen LogP contribution in [0.5, 0.6) is 5.75 Å². The molecular weight excluding hydrogens is 367 g/mol. The Balaban J connectivity index is 1.87. The van der Waals surface area contributed by atoms with E-state index in [-0.39, 0.29) is 17.2 Å². The van der Waals surface area contributed by atoms with Gasteiger partial charge in [0.25, 0.3) is 5.56 Å². The Morgan fingerprint density at radius 2 is 1.74 bits per heavy atom. The summed E-state index contributed by atoms with van der Waals surface area (Å²) in [7, 11) is 0. The van der Waals surface area contributed by atoms with Crippen molar-refractivity contribution < 1.29 is 9.13 Å². The molecule has 3 aromatic carbocycles. The van der Waals surface area contributed by atoms with Crippen LogP contribution in [-0.2, 0) is 6.61 Å². The summed E-state index contributed by atoms with van der Waals surface area (Å²) in [5, 5.41) is 0.392. The number of halogens is 2. The van der Waals surface area contributed by atoms with E-state index in [1.165, 1.54) is 22.8 Å². The highest BCUT2D eigenvalue weighted by Crippen LogP contribution is 2.21. The average molecular weight is 381 g/mol. The fraction of sp³-hybridized carbons (Fsp3) is 0.0476. The van der Waals surface area contributed by atoms with Crippen LogP contribution in [0.1, 0.15) is 5.82 Å². The average Bonchev–Trinajstić information content (AvgIpc) is 2.70. The Bertz CT molecular complexity index is 1180. The molecule has 0 radical (unpaired) electrons. The van der Waals surface area contributed by atoms with Gasteiger partial charge in [0, 0.05) is 0 Å². The van der Waals surface area contributed by atoms with Gasteiger partial charge in [-0.2, -0.15) is 0 Å². The second-order valence-corrected chi connectivity index (χ2v) is 6.29. The molecule has 0 fully saturated rings. The molecule has 0 bridgehead atoms. The van der Waals surface area contributed by atoms with Crippen molar-refractivity contribution in [3.63, 3.8) is 0 Å². The van der Waals surface area contributed by atoms with Crippen molar-refractivity contribution in [3.05, 3.63) is 99.8 Å². The van der Waals surface area contributed by atoms with Crippen molar-refractivity contribution in [2.45, 2.75) is 6.61 Å². The molecule has 0 amide bonds. The zero-order valence-electron chi connectivity index (χ0n) is 14.1. The molecule has 4 rings (SSSR count). The normalized spacial score (nSPS) is 10.9. The predicted molar refractivity (Wildman–Crippen MR) is 103 cm³/mol. The third-order valence-corrected chi connectivity index (χ3v) is 4.41. The first-order valence-corrected chi connectivity index (χ1v) is 8.65. The smallest absolute Gasteiger partial charge is 0.266 e. The number of benzene rings is 3. The molecule has 27 heavy (non-hydrogen) atoms. The molecule has 0 aliphatic carbocycles. The highest BCUT2D eigenvalue weighted by atomic mass is 35.5. The minimum Gasteiger partial charge on any atom is -0.486 e. The summed E-state index contributed by atoms with van der Waals surface area (Å²) < 4.78 is 20.8. The van der Waals surface area contributed by atoms with E-state index in [4.69, 9.17) is 16.3 Å². The molecule has 1 aromatic heterocycles. The van der Waals surface area contributed by atoms with Crippen molar-refractivity contribution in [1.29, 1.82) is 0 Å². The molecule has 0 unspecified atom stereocenters. The lowest BCUT2D eigenvalue weighted by atomic mass is 10.2. The highest BCUT2D eigenvalue weighted by molar-refractivity contribution is 6.30. The molecule has 134 valence electrons. The van der Waals surface area contributed by atoms with E-state index in [9.17, 15) is 9.18 Å². The number of para-hydroxylation sites is 2. The van der Waals surface area contributed by atoms with Gasteiger partial charge in [0.1, 0.15) is 18.2 Å². The highest BCUT2D eigenvalue weighted by Gasteiger charge is 2.14. The first-order chi connectivity index (χ1) is 13.1. The lowest BCUT2D eigenvalue weighted by Crippen LogP contribution is -2.25. The second kappa shape index (κ2) is 7.21. The Hall–Kier alpha value is -3.18. The SMILES string of the molecule is O=c1c2ccccc2nc(COc2ccccc2)n1-c1ccc(F)c(Cl)c1. The van der Waals surface area contributed by atoms with Gasteiger partial charge in [0.2, 0.25) is 0 Å². The maximum Gasteiger partial charge on any atom is 0.266 e. The quantitative estimate of drug-likeness (QED) is 0.513. The third-order valence-electron chi connectivity index (χ3n) is 4.12. The van der Waals surface area contributed by atoms with E-state index < -0.39 is 5.82 Å². The fourth-order valence-electron chi connectivity index (χ4n) is 2.83. The fourth-order valence-corrected chi connectivity index (χ4v) is 3.01. The Kier molecular flexibility index (Phi) is 4.60. The molecule has 0 aliphatic heterocycles. The number of hydrogen-bond acceptors (Lipinski definition) is 3. The predicted octanol–water partition coefficient (Wildman–Crippen LogP) is 4.76. The summed E-state index contributed by atoms with van der Waals surface area (Å²) in [4.78, 5) is 17.7. The van der Waals surface area contributed by atoms with E-state index in [1.54, 1.807) is 18.2 Å². The molecule has 0 aliphatic rings. The zero-order valence-corrected chi connectivity index (χ0v) is 14.9. The van der Waals surface area contributed by atoms with E-state index in [1.807, 2.05) is 36.4 Å². The molecule has 0 saturated carbocycles. The van der Waals surface area contributed by atoms with Crippen molar-refractivity contribution in [3.8, 4) is 11.4 Å². The van der Waals surface area contributed by atoms with Crippen LogP contribution in [0, 0.1) is 5.82 Å². The summed E-state index contributed by atoms with van der Waals surface area (Å²) >= 11 is 5.92. The number of ether oxygens (including phenoxy) is 1. The zero-order chi connectivity index (χ0) is 18.8. The van der Waals surface area contributed by atoms with Crippen LogP contribution >= 0.6 is 11.6 Å². The van der Waals surface area contributed by atoms with E-state index in [0.717, 1.165) is 0 Å². The Labute approximate surface area is 159 Å². The lowest BCUT2D eigenvalue weighted by molar-refractivity contribution is 0.292. The van der Waals surface area contributed by atoms with Gasteiger partial charge in [-0.1, -0.05) is 41.9 Å². The first-order valence-electron chi connectivity index (χ1n) is 8.27. The topological polar surface area (TPSA) is 44.1 Å². The monoisotopic (exact) mass is 380 g/mol. The molecular formula is C21H14ClFN2O2. The van der Waals surface area contributed by atoms with Crippen LogP contribution < -0.4 is 10.3 Å². The van der Waals surface area contributed by atoms with Gasteiger partial charge in [-0.15, -0.1) is 0 Å². The number of nitrogens with zero attached hydrogens (tertiary/aromatic N) is 2. The van der Waals surface area contributed by atoms with Crippen LogP contribution in [0.3, 0.4) is 0 Å². The van der Waals surface area contributed by atoms with Crippen LogP contribution in [0.2, 0.25) is 5.02 Å². The second-order valence-electron chi connectivity index (χ2n) is 5.89. The third kappa shape index (κ3) is 3.41. The molecule has 0 spiro atoms. The van der Waals surface area contributed by atoms with Gasteiger partial charge in [-0.3, -0.25) is 9.36 Å². The van der Waals surface area contributed by atoms with E-state index >= 15 is 0 Å². The van der Waals surface area contributed by atoms with Gasteiger partial charge < -0.3 is 4.74 Å². The molecule has 4 aromatic rings. The van der Waals surface area contributed by atoms with Crippen molar-refractivity contribution in [2.24, 2.45) is 0 Å². The summed E-state index contributed by atoms with van der Waals surface area (Å²) in [6, 6.07) is 20.4. The maximum absolute atomic E-state index is 13.6. The van der Waals surface area contributed by atoms with Crippen molar-refractivity contribution >= 4 is 22.5 Å². The molecule has 0 atom stereocenters. The number of rotatable bonds is 4. The van der Waals surface area contributed by atoms with Crippen LogP contribution in [0.4, 0.5) is 4.39 Å². The number of aromatic nitrogens is 2. The van der Waals surface area contributed by atoms with Crippen molar-refractivity contribution in [1.82, 2.24) is 9.55 Å². The number of hydrogen-bond donors (Lipinski definition) is 0. The van der Waals surface area contributed by atoms with Crippen LogP contribution in [0.15, 0.2) is 77.6 Å². The molecule has 0 N–H and O–H groups in total. The standard InChI is InChI=1S/C21H14ClFN2O2/c22-17-12-14(10-11-18(17)23)25-20(13-27-15-6-2-1-3-7-15)24-19-9-5-4-8-16(19)21(25)26/h1-12H,13H2. The minimum absolute atomic E-state index is 0.0671. The minimum atomic E-state index is -0.552. The Morgan fingerprint density at radius 1 is 1.00 bits per heavy atom. The lowest BCUT2D eigenvalue weighted by Gasteiger charge is -2.15. The molecule has 0 saturated heterocycles. The number of fused-ring (bicyclic) bond motifs is 1. The van der Waals surface area contributed by atoms with Gasteiger partial charge in [-0.25, -0.2) is 9.37 Å². The van der Waals surface area contributed by atoms with Crippen LogP contribution in [0.25, 0.3) is 16.6 Å². The van der Waals surface area contributed by atoms with Gasteiger partial charge >= 0.3 is 0 Å².